The van der Waals surface area contributed by atoms with Crippen molar-refractivity contribution in [3.8, 4) is 0 Å². The van der Waals surface area contributed by atoms with Crippen LogP contribution in [-0.4, -0.2) is 33.9 Å². The molecule has 0 unspecified atom stereocenters. The normalized spacial score (nSPS) is 11.2. The maximum Gasteiger partial charge on any atom is 0.344 e. The number of nitrogens with zero attached hydrogens (tertiary/aromatic N) is 3. The molecule has 8 heteroatoms. The number of nitrogens with two attached hydrogens (primary N) is 1. The zero-order valence-corrected chi connectivity index (χ0v) is 10.0. The molecule has 0 spiro atoms. The Morgan fingerprint density at radius 3 is 2.67 bits per heavy atom. The standard InChI is InChI=1S/C10H14N6O2/c1-6(2)14-10(18)16-9(11)15-8(17)7-5-12-3-4-13-7/h3-6H,1-2H3,(H4,11,14,15,16,17,18). The van der Waals surface area contributed by atoms with Crippen LogP contribution in [0.4, 0.5) is 4.79 Å². The van der Waals surface area contributed by atoms with E-state index >= 15 is 0 Å². The lowest BCUT2D eigenvalue weighted by Gasteiger charge is -2.06. The van der Waals surface area contributed by atoms with E-state index in [-0.39, 0.29) is 17.7 Å². The molecule has 1 rings (SSSR count). The van der Waals surface area contributed by atoms with Crippen LogP contribution >= 0.6 is 0 Å². The number of rotatable bonds is 2. The van der Waals surface area contributed by atoms with E-state index in [1.54, 1.807) is 13.8 Å². The van der Waals surface area contributed by atoms with E-state index in [4.69, 9.17) is 5.73 Å². The van der Waals surface area contributed by atoms with Crippen LogP contribution in [0.15, 0.2) is 23.6 Å². The highest BCUT2D eigenvalue weighted by molar-refractivity contribution is 6.06. The van der Waals surface area contributed by atoms with Crippen molar-refractivity contribution in [2.45, 2.75) is 19.9 Å². The van der Waals surface area contributed by atoms with Crippen molar-refractivity contribution in [3.63, 3.8) is 0 Å². The topological polar surface area (TPSA) is 122 Å². The molecule has 96 valence electrons. The molecule has 0 fully saturated rings. The quantitative estimate of drug-likeness (QED) is 0.488. The third-order valence-corrected chi connectivity index (χ3v) is 1.67. The average Bonchev–Trinajstić information content (AvgIpc) is 2.28. The fraction of sp³-hybridized carbons (Fsp3) is 0.300. The molecular formula is C10H14N6O2. The Morgan fingerprint density at radius 2 is 2.11 bits per heavy atom. The Balaban J connectivity index is 2.60. The Labute approximate surface area is 104 Å². The SMILES string of the molecule is CC(C)NC(=O)/N=C(/N)NC(=O)c1cnccn1. The molecule has 3 amide bonds. The van der Waals surface area contributed by atoms with E-state index in [9.17, 15) is 9.59 Å². The third-order valence-electron chi connectivity index (χ3n) is 1.67. The average molecular weight is 250 g/mol. The molecular weight excluding hydrogens is 236 g/mol. The Hall–Kier alpha value is -2.51. The number of hydrogen-bond acceptors (Lipinski definition) is 4. The van der Waals surface area contributed by atoms with E-state index in [2.05, 4.69) is 25.6 Å². The van der Waals surface area contributed by atoms with Gasteiger partial charge in [0.25, 0.3) is 5.91 Å². The van der Waals surface area contributed by atoms with Gasteiger partial charge in [0.1, 0.15) is 5.69 Å². The highest BCUT2D eigenvalue weighted by Crippen LogP contribution is 1.89. The van der Waals surface area contributed by atoms with E-state index in [0.29, 0.717) is 0 Å². The monoisotopic (exact) mass is 250 g/mol. The second kappa shape index (κ2) is 6.28. The highest BCUT2D eigenvalue weighted by atomic mass is 16.2. The fourth-order valence-corrected chi connectivity index (χ4v) is 1.01. The predicted octanol–water partition coefficient (Wildman–Crippen LogP) is -0.361. The van der Waals surface area contributed by atoms with Gasteiger partial charge < -0.3 is 11.1 Å². The third kappa shape index (κ3) is 4.56. The van der Waals surface area contributed by atoms with Crippen LogP contribution in [0, 0.1) is 0 Å². The van der Waals surface area contributed by atoms with Gasteiger partial charge in [-0.3, -0.25) is 15.1 Å². The lowest BCUT2D eigenvalue weighted by Crippen LogP contribution is -2.39. The first-order valence-corrected chi connectivity index (χ1v) is 5.21. The molecule has 1 heterocycles. The summed E-state index contributed by atoms with van der Waals surface area (Å²) in [7, 11) is 0. The zero-order chi connectivity index (χ0) is 13.5. The summed E-state index contributed by atoms with van der Waals surface area (Å²) >= 11 is 0. The molecule has 0 aliphatic rings. The summed E-state index contributed by atoms with van der Waals surface area (Å²) in [4.78, 5) is 33.7. The van der Waals surface area contributed by atoms with Crippen molar-refractivity contribution in [1.29, 1.82) is 0 Å². The second-order valence-electron chi connectivity index (χ2n) is 3.65. The molecule has 0 saturated carbocycles. The molecule has 0 bridgehead atoms. The Bertz CT molecular complexity index is 457. The van der Waals surface area contributed by atoms with E-state index < -0.39 is 11.9 Å². The number of urea groups is 1. The summed E-state index contributed by atoms with van der Waals surface area (Å²) in [5.74, 6) is -0.884. The van der Waals surface area contributed by atoms with Gasteiger partial charge >= 0.3 is 6.03 Å². The number of aliphatic imine (C=N–C) groups is 1. The number of carbonyl (C=O) groups excluding carboxylic acids is 2. The molecule has 8 nitrogen and oxygen atoms in total. The predicted molar refractivity (Wildman–Crippen MR) is 64.8 cm³/mol. The van der Waals surface area contributed by atoms with Crippen molar-refractivity contribution in [2.24, 2.45) is 10.7 Å². The lowest BCUT2D eigenvalue weighted by molar-refractivity contribution is 0.0971. The molecule has 18 heavy (non-hydrogen) atoms. The van der Waals surface area contributed by atoms with Gasteiger partial charge in [-0.15, -0.1) is 0 Å². The summed E-state index contributed by atoms with van der Waals surface area (Å²) in [6.45, 7) is 3.56. The minimum Gasteiger partial charge on any atom is -0.369 e. The molecule has 0 aliphatic carbocycles. The van der Waals surface area contributed by atoms with Crippen LogP contribution in [0.5, 0.6) is 0 Å². The van der Waals surface area contributed by atoms with Gasteiger partial charge in [0.15, 0.2) is 0 Å². The summed E-state index contributed by atoms with van der Waals surface area (Å²) in [6.07, 6.45) is 4.08. The van der Waals surface area contributed by atoms with Crippen LogP contribution in [-0.2, 0) is 0 Å². The molecule has 0 radical (unpaired) electrons. The van der Waals surface area contributed by atoms with Gasteiger partial charge in [0.2, 0.25) is 5.96 Å². The lowest BCUT2D eigenvalue weighted by atomic mass is 10.4. The number of carbonyl (C=O) groups is 2. The smallest absolute Gasteiger partial charge is 0.344 e. The first-order chi connectivity index (χ1) is 8.49. The van der Waals surface area contributed by atoms with Crippen molar-refractivity contribution < 1.29 is 9.59 Å². The van der Waals surface area contributed by atoms with Crippen molar-refractivity contribution in [2.75, 3.05) is 0 Å². The van der Waals surface area contributed by atoms with Crippen molar-refractivity contribution >= 4 is 17.9 Å². The number of guanidine groups is 1. The second-order valence-corrected chi connectivity index (χ2v) is 3.65. The molecule has 0 aromatic carbocycles. The minimum absolute atomic E-state index is 0.0651. The molecule has 0 aliphatic heterocycles. The van der Waals surface area contributed by atoms with Crippen LogP contribution in [0.3, 0.4) is 0 Å². The minimum atomic E-state index is -0.623. The van der Waals surface area contributed by atoms with Crippen molar-refractivity contribution in [3.05, 3.63) is 24.3 Å². The summed E-state index contributed by atoms with van der Waals surface area (Å²) < 4.78 is 0. The van der Waals surface area contributed by atoms with E-state index in [0.717, 1.165) is 0 Å². The molecule has 0 atom stereocenters. The highest BCUT2D eigenvalue weighted by Gasteiger charge is 2.09. The maximum absolute atomic E-state index is 11.6. The van der Waals surface area contributed by atoms with Crippen LogP contribution < -0.4 is 16.4 Å². The molecule has 0 saturated heterocycles. The van der Waals surface area contributed by atoms with Crippen LogP contribution in [0.2, 0.25) is 0 Å². The molecule has 1 aromatic heterocycles. The first-order valence-electron chi connectivity index (χ1n) is 5.21. The summed E-state index contributed by atoms with van der Waals surface area (Å²) in [5.41, 5.74) is 5.48. The number of hydrogen-bond donors (Lipinski definition) is 3. The van der Waals surface area contributed by atoms with Gasteiger partial charge in [0, 0.05) is 18.4 Å². The van der Waals surface area contributed by atoms with Gasteiger partial charge in [-0.25, -0.2) is 9.78 Å². The Kier molecular flexibility index (Phi) is 4.73. The van der Waals surface area contributed by atoms with Gasteiger partial charge in [-0.05, 0) is 13.8 Å². The zero-order valence-electron chi connectivity index (χ0n) is 10.0. The fourth-order valence-electron chi connectivity index (χ4n) is 1.01. The Morgan fingerprint density at radius 1 is 1.39 bits per heavy atom. The molecule has 4 N–H and O–H groups in total. The number of aromatic nitrogens is 2. The van der Waals surface area contributed by atoms with Crippen LogP contribution in [0.25, 0.3) is 0 Å². The van der Waals surface area contributed by atoms with Gasteiger partial charge in [0.05, 0.1) is 6.20 Å². The number of nitrogens with one attached hydrogen (secondary N) is 2. The largest absolute Gasteiger partial charge is 0.369 e. The molecule has 1 aromatic rings. The first kappa shape index (κ1) is 13.6. The summed E-state index contributed by atoms with van der Waals surface area (Å²) in [5, 5.41) is 4.73. The van der Waals surface area contributed by atoms with Gasteiger partial charge in [-0.1, -0.05) is 0 Å². The van der Waals surface area contributed by atoms with E-state index in [1.165, 1.54) is 18.6 Å². The van der Waals surface area contributed by atoms with Gasteiger partial charge in [-0.2, -0.15) is 4.99 Å². The summed E-state index contributed by atoms with van der Waals surface area (Å²) in [6, 6.07) is -0.688. The maximum atomic E-state index is 11.6. The van der Waals surface area contributed by atoms with E-state index in [1.807, 2.05) is 0 Å². The number of amides is 3. The van der Waals surface area contributed by atoms with Crippen LogP contribution in [0.1, 0.15) is 24.3 Å². The van der Waals surface area contributed by atoms with Crippen molar-refractivity contribution in [1.82, 2.24) is 20.6 Å².